The molecule has 28 heavy (non-hydrogen) atoms. The first-order valence-electron chi connectivity index (χ1n) is 9.64. The summed E-state index contributed by atoms with van der Waals surface area (Å²) in [7, 11) is 2.00. The van der Waals surface area contributed by atoms with Crippen LogP contribution in [0.25, 0.3) is 0 Å². The van der Waals surface area contributed by atoms with Crippen molar-refractivity contribution in [3.05, 3.63) is 46.6 Å². The minimum absolute atomic E-state index is 0.0245. The topological polar surface area (TPSA) is 54.5 Å². The summed E-state index contributed by atoms with van der Waals surface area (Å²) in [6.07, 6.45) is 3.70. The Hall–Kier alpha value is -2.11. The van der Waals surface area contributed by atoms with Gasteiger partial charge in [-0.05, 0) is 49.2 Å². The fourth-order valence-corrected chi connectivity index (χ4v) is 3.53. The van der Waals surface area contributed by atoms with Gasteiger partial charge in [0.25, 0.3) is 0 Å². The Balaban J connectivity index is 1.79. The molecule has 6 heteroatoms. The third-order valence-electron chi connectivity index (χ3n) is 5.08. The Bertz CT molecular complexity index is 844. The number of pyridine rings is 1. The molecule has 0 aliphatic carbocycles. The van der Waals surface area contributed by atoms with Gasteiger partial charge in [0.05, 0.1) is 22.6 Å². The van der Waals surface area contributed by atoms with Crippen LogP contribution in [0.2, 0.25) is 5.02 Å². The van der Waals surface area contributed by atoms with Gasteiger partial charge >= 0.3 is 0 Å². The average Bonchev–Trinajstić information content (AvgIpc) is 2.90. The Labute approximate surface area is 172 Å². The Morgan fingerprint density at radius 3 is 2.64 bits per heavy atom. The van der Waals surface area contributed by atoms with E-state index in [9.17, 15) is 4.79 Å². The standard InChI is InChI=1S/C22H28ClN3O2/c1-22(2,3)19(27)14-28-20-8-6-16(13-25-20)26(4)21-17-10-12-24-11-9-15(17)5-7-18(21)23/h5-8,13,24H,9-12,14H2,1-4H3. The van der Waals surface area contributed by atoms with E-state index in [-0.39, 0.29) is 12.4 Å². The van der Waals surface area contributed by atoms with Crippen molar-refractivity contribution in [2.75, 3.05) is 31.6 Å². The molecule has 1 aliphatic heterocycles. The summed E-state index contributed by atoms with van der Waals surface area (Å²) >= 11 is 6.57. The van der Waals surface area contributed by atoms with Crippen LogP contribution in [-0.2, 0) is 17.6 Å². The van der Waals surface area contributed by atoms with Gasteiger partial charge < -0.3 is 15.0 Å². The second-order valence-corrected chi connectivity index (χ2v) is 8.57. The Morgan fingerprint density at radius 2 is 1.96 bits per heavy atom. The minimum atomic E-state index is -0.420. The molecule has 0 bridgehead atoms. The summed E-state index contributed by atoms with van der Waals surface area (Å²) < 4.78 is 5.55. The number of anilines is 2. The largest absolute Gasteiger partial charge is 0.470 e. The normalized spacial score (nSPS) is 14.2. The second-order valence-electron chi connectivity index (χ2n) is 8.16. The molecule has 0 atom stereocenters. The highest BCUT2D eigenvalue weighted by molar-refractivity contribution is 6.33. The van der Waals surface area contributed by atoms with E-state index in [1.165, 1.54) is 11.1 Å². The zero-order chi connectivity index (χ0) is 20.3. The van der Waals surface area contributed by atoms with Gasteiger partial charge in [-0.2, -0.15) is 0 Å². The number of fused-ring (bicyclic) bond motifs is 1. The number of ketones is 1. The summed E-state index contributed by atoms with van der Waals surface area (Å²) in [5, 5.41) is 4.18. The van der Waals surface area contributed by atoms with Crippen molar-refractivity contribution in [3.8, 4) is 5.88 Å². The molecule has 0 saturated carbocycles. The molecule has 150 valence electrons. The summed E-state index contributed by atoms with van der Waals surface area (Å²) in [5.41, 5.74) is 4.15. The van der Waals surface area contributed by atoms with Gasteiger partial charge in [-0.1, -0.05) is 38.4 Å². The number of carbonyl (C=O) groups is 1. The van der Waals surface area contributed by atoms with Gasteiger partial charge in [0.2, 0.25) is 5.88 Å². The van der Waals surface area contributed by atoms with Gasteiger partial charge in [0.15, 0.2) is 5.78 Å². The van der Waals surface area contributed by atoms with Gasteiger partial charge in [0, 0.05) is 18.5 Å². The number of hydrogen-bond donors (Lipinski definition) is 1. The lowest BCUT2D eigenvalue weighted by molar-refractivity contribution is -0.128. The summed E-state index contributed by atoms with van der Waals surface area (Å²) in [5.74, 6) is 0.486. The van der Waals surface area contributed by atoms with Crippen LogP contribution in [0.4, 0.5) is 11.4 Å². The number of nitrogens with one attached hydrogen (secondary N) is 1. The first-order chi connectivity index (χ1) is 13.3. The highest BCUT2D eigenvalue weighted by Gasteiger charge is 2.22. The first-order valence-corrected chi connectivity index (χ1v) is 10.0. The number of halogens is 1. The van der Waals surface area contributed by atoms with E-state index >= 15 is 0 Å². The van der Waals surface area contributed by atoms with Crippen molar-refractivity contribution in [1.29, 1.82) is 0 Å². The lowest BCUT2D eigenvalue weighted by atomic mass is 9.91. The van der Waals surface area contributed by atoms with E-state index in [1.807, 2.05) is 40.0 Å². The lowest BCUT2D eigenvalue weighted by Crippen LogP contribution is -2.26. The third kappa shape index (κ3) is 4.65. The molecule has 1 aromatic carbocycles. The minimum Gasteiger partial charge on any atom is -0.470 e. The molecule has 2 aromatic rings. The predicted molar refractivity (Wildman–Crippen MR) is 114 cm³/mol. The molecule has 5 nitrogen and oxygen atoms in total. The molecule has 0 amide bonds. The van der Waals surface area contributed by atoms with Crippen LogP contribution in [0, 0.1) is 5.41 Å². The second kappa shape index (κ2) is 8.50. The maximum atomic E-state index is 12.0. The van der Waals surface area contributed by atoms with Crippen LogP contribution in [0.15, 0.2) is 30.5 Å². The first kappa shape index (κ1) is 20.6. The molecule has 0 radical (unpaired) electrons. The average molecular weight is 402 g/mol. The zero-order valence-electron chi connectivity index (χ0n) is 17.0. The van der Waals surface area contributed by atoms with Crippen LogP contribution in [0.1, 0.15) is 31.9 Å². The maximum Gasteiger partial charge on any atom is 0.213 e. The monoisotopic (exact) mass is 401 g/mol. The summed E-state index contributed by atoms with van der Waals surface area (Å²) in [6, 6.07) is 7.83. The predicted octanol–water partition coefficient (Wildman–Crippen LogP) is 4.19. The maximum absolute atomic E-state index is 12.0. The molecule has 0 unspecified atom stereocenters. The lowest BCUT2D eigenvalue weighted by Gasteiger charge is -2.25. The number of benzene rings is 1. The highest BCUT2D eigenvalue weighted by Crippen LogP contribution is 2.37. The summed E-state index contributed by atoms with van der Waals surface area (Å²) in [6.45, 7) is 7.60. The fourth-order valence-electron chi connectivity index (χ4n) is 3.23. The van der Waals surface area contributed by atoms with Gasteiger partial charge in [-0.25, -0.2) is 4.98 Å². The SMILES string of the molecule is CN(c1ccc(OCC(=O)C(C)(C)C)nc1)c1c(Cl)ccc2c1CCNCC2. The van der Waals surface area contributed by atoms with Crippen LogP contribution in [-0.4, -0.2) is 37.5 Å². The number of Topliss-reactive ketones (excluding diaryl/α,β-unsaturated/α-hetero) is 1. The molecule has 2 heterocycles. The number of ether oxygens (including phenoxy) is 1. The third-order valence-corrected chi connectivity index (χ3v) is 5.39. The molecule has 0 fully saturated rings. The van der Waals surface area contributed by atoms with Gasteiger partial charge in [-0.15, -0.1) is 0 Å². The van der Waals surface area contributed by atoms with Gasteiger partial charge in [-0.3, -0.25) is 4.79 Å². The summed E-state index contributed by atoms with van der Waals surface area (Å²) in [4.78, 5) is 18.5. The van der Waals surface area contributed by atoms with Crippen molar-refractivity contribution in [2.45, 2.75) is 33.6 Å². The van der Waals surface area contributed by atoms with E-state index < -0.39 is 5.41 Å². The van der Waals surface area contributed by atoms with E-state index in [2.05, 4.69) is 21.3 Å². The molecule has 0 saturated heterocycles. The fraction of sp³-hybridized carbons (Fsp3) is 0.455. The van der Waals surface area contributed by atoms with Crippen LogP contribution in [0.5, 0.6) is 5.88 Å². The van der Waals surface area contributed by atoms with Crippen molar-refractivity contribution in [3.63, 3.8) is 0 Å². The molecule has 1 N–H and O–H groups in total. The molecule has 0 spiro atoms. The smallest absolute Gasteiger partial charge is 0.213 e. The van der Waals surface area contributed by atoms with E-state index in [0.29, 0.717) is 5.88 Å². The van der Waals surface area contributed by atoms with E-state index in [0.717, 1.165) is 42.3 Å². The van der Waals surface area contributed by atoms with E-state index in [4.69, 9.17) is 16.3 Å². The van der Waals surface area contributed by atoms with Crippen LogP contribution in [0.3, 0.4) is 0 Å². The molecule has 1 aliphatic rings. The Kier molecular flexibility index (Phi) is 6.26. The quantitative estimate of drug-likeness (QED) is 0.814. The molecular formula is C22H28ClN3O2. The van der Waals surface area contributed by atoms with Crippen molar-refractivity contribution < 1.29 is 9.53 Å². The Morgan fingerprint density at radius 1 is 1.21 bits per heavy atom. The number of rotatable bonds is 5. The molecular weight excluding hydrogens is 374 g/mol. The van der Waals surface area contributed by atoms with E-state index in [1.54, 1.807) is 12.3 Å². The van der Waals surface area contributed by atoms with Gasteiger partial charge in [0.1, 0.15) is 6.61 Å². The number of carbonyl (C=O) groups excluding carboxylic acids is 1. The molecule has 1 aromatic heterocycles. The number of hydrogen-bond acceptors (Lipinski definition) is 5. The van der Waals surface area contributed by atoms with Crippen molar-refractivity contribution in [2.24, 2.45) is 5.41 Å². The zero-order valence-corrected chi connectivity index (χ0v) is 17.8. The van der Waals surface area contributed by atoms with Crippen LogP contribution < -0.4 is 15.0 Å². The highest BCUT2D eigenvalue weighted by atomic mass is 35.5. The van der Waals surface area contributed by atoms with Crippen LogP contribution >= 0.6 is 11.6 Å². The number of nitrogens with zero attached hydrogens (tertiary/aromatic N) is 2. The van der Waals surface area contributed by atoms with Crippen molar-refractivity contribution >= 4 is 28.8 Å². The molecule has 3 rings (SSSR count). The van der Waals surface area contributed by atoms with Crippen molar-refractivity contribution in [1.82, 2.24) is 10.3 Å². The number of aromatic nitrogens is 1.